The van der Waals surface area contributed by atoms with Crippen LogP contribution in [0, 0.1) is 11.8 Å². The molecule has 0 aromatic rings. The zero-order valence-corrected chi connectivity index (χ0v) is 18.0. The predicted octanol–water partition coefficient (Wildman–Crippen LogP) is 0.734. The van der Waals surface area contributed by atoms with Gasteiger partial charge in [-0.25, -0.2) is 9.59 Å². The average molecular weight is 425 g/mol. The molecule has 0 unspecified atom stereocenters. The van der Waals surface area contributed by atoms with E-state index in [0.29, 0.717) is 12.8 Å². The summed E-state index contributed by atoms with van der Waals surface area (Å²) in [5.41, 5.74) is -0.961. The molecule has 2 rings (SSSR count). The van der Waals surface area contributed by atoms with Gasteiger partial charge in [0, 0.05) is 0 Å². The minimum absolute atomic E-state index is 0.0225. The maximum Gasteiger partial charge on any atom is 0.328 e. The SMILES string of the molecule is COC(=O)[C@H](CC(C)C)NC(=O)COC(=O)CN1C(=O)N[C@]2(CCCC[C@@H]2C)C1=O. The summed E-state index contributed by atoms with van der Waals surface area (Å²) in [6.45, 7) is 4.49. The minimum Gasteiger partial charge on any atom is -0.467 e. The first-order chi connectivity index (χ1) is 14.1. The van der Waals surface area contributed by atoms with Crippen LogP contribution in [0.3, 0.4) is 0 Å². The first-order valence-electron chi connectivity index (χ1n) is 10.3. The second-order valence-corrected chi connectivity index (χ2v) is 8.37. The van der Waals surface area contributed by atoms with Crippen molar-refractivity contribution in [2.24, 2.45) is 11.8 Å². The Hall–Kier alpha value is -2.65. The molecule has 4 amide bonds. The molecule has 2 fully saturated rings. The molecule has 1 saturated carbocycles. The first-order valence-corrected chi connectivity index (χ1v) is 10.3. The van der Waals surface area contributed by atoms with Crippen LogP contribution in [-0.2, 0) is 28.7 Å². The summed E-state index contributed by atoms with van der Waals surface area (Å²) in [5.74, 6) is -2.46. The van der Waals surface area contributed by atoms with E-state index >= 15 is 0 Å². The fraction of sp³-hybridized carbons (Fsp3) is 0.750. The number of methoxy groups -OCH3 is 1. The third-order valence-corrected chi connectivity index (χ3v) is 5.68. The summed E-state index contributed by atoms with van der Waals surface area (Å²) in [5, 5.41) is 5.22. The van der Waals surface area contributed by atoms with Gasteiger partial charge in [-0.1, -0.05) is 33.6 Å². The Morgan fingerprint density at radius 3 is 2.57 bits per heavy atom. The Labute approximate surface area is 176 Å². The largest absolute Gasteiger partial charge is 0.467 e. The van der Waals surface area contributed by atoms with Crippen molar-refractivity contribution in [3.63, 3.8) is 0 Å². The molecule has 0 bridgehead atoms. The third kappa shape index (κ3) is 5.28. The van der Waals surface area contributed by atoms with Crippen molar-refractivity contribution in [2.75, 3.05) is 20.3 Å². The molecule has 1 aliphatic carbocycles. The fourth-order valence-corrected chi connectivity index (χ4v) is 4.02. The van der Waals surface area contributed by atoms with Crippen molar-refractivity contribution in [1.82, 2.24) is 15.5 Å². The topological polar surface area (TPSA) is 131 Å². The van der Waals surface area contributed by atoms with E-state index in [2.05, 4.69) is 15.4 Å². The minimum atomic E-state index is -0.961. The van der Waals surface area contributed by atoms with Gasteiger partial charge < -0.3 is 20.1 Å². The Balaban J connectivity index is 1.88. The number of carbonyl (C=O) groups excluding carboxylic acids is 5. The molecule has 3 atom stereocenters. The highest BCUT2D eigenvalue weighted by molar-refractivity contribution is 6.09. The van der Waals surface area contributed by atoms with E-state index in [4.69, 9.17) is 4.74 Å². The summed E-state index contributed by atoms with van der Waals surface area (Å²) in [6.07, 6.45) is 3.55. The standard InChI is InChI=1S/C20H31N3O7/c1-12(2)9-14(17(26)29-4)21-15(24)11-30-16(25)10-23-18(27)20(22-19(23)28)8-6-5-7-13(20)3/h12-14H,5-11H2,1-4H3,(H,21,24)(H,22,28)/t13-,14-,20-/m0/s1. The number of hydrogen-bond donors (Lipinski definition) is 2. The van der Waals surface area contributed by atoms with Gasteiger partial charge in [0.05, 0.1) is 7.11 Å². The Morgan fingerprint density at radius 2 is 1.97 bits per heavy atom. The predicted molar refractivity (Wildman–Crippen MR) is 105 cm³/mol. The smallest absolute Gasteiger partial charge is 0.328 e. The van der Waals surface area contributed by atoms with Gasteiger partial charge in [-0.15, -0.1) is 0 Å². The van der Waals surface area contributed by atoms with Crippen LogP contribution in [-0.4, -0.2) is 66.5 Å². The zero-order valence-electron chi connectivity index (χ0n) is 18.0. The van der Waals surface area contributed by atoms with Crippen molar-refractivity contribution in [3.8, 4) is 0 Å². The summed E-state index contributed by atoms with van der Waals surface area (Å²) >= 11 is 0. The monoisotopic (exact) mass is 425 g/mol. The maximum absolute atomic E-state index is 12.8. The third-order valence-electron chi connectivity index (χ3n) is 5.68. The van der Waals surface area contributed by atoms with Gasteiger partial charge in [-0.3, -0.25) is 19.3 Å². The molecule has 1 saturated heterocycles. The lowest BCUT2D eigenvalue weighted by molar-refractivity contribution is -0.152. The maximum atomic E-state index is 12.8. The highest BCUT2D eigenvalue weighted by Gasteiger charge is 2.55. The van der Waals surface area contributed by atoms with Gasteiger partial charge >= 0.3 is 18.0 Å². The van der Waals surface area contributed by atoms with Crippen LogP contribution in [0.4, 0.5) is 4.79 Å². The van der Waals surface area contributed by atoms with Gasteiger partial charge in [0.15, 0.2) is 6.61 Å². The molecule has 10 nitrogen and oxygen atoms in total. The van der Waals surface area contributed by atoms with Gasteiger partial charge in [-0.05, 0) is 31.1 Å². The number of imide groups is 1. The molecule has 1 spiro atoms. The van der Waals surface area contributed by atoms with Crippen LogP contribution >= 0.6 is 0 Å². The number of nitrogens with zero attached hydrogens (tertiary/aromatic N) is 1. The normalized spacial score (nSPS) is 24.6. The van der Waals surface area contributed by atoms with E-state index in [0.717, 1.165) is 24.2 Å². The highest BCUT2D eigenvalue weighted by atomic mass is 16.5. The number of hydrogen-bond acceptors (Lipinski definition) is 7. The molecule has 0 aromatic heterocycles. The molecule has 0 radical (unpaired) electrons. The van der Waals surface area contributed by atoms with Gasteiger partial charge in [-0.2, -0.15) is 0 Å². The van der Waals surface area contributed by atoms with Crippen LogP contribution in [0.5, 0.6) is 0 Å². The van der Waals surface area contributed by atoms with Gasteiger partial charge in [0.25, 0.3) is 11.8 Å². The number of ether oxygens (including phenoxy) is 2. The van der Waals surface area contributed by atoms with E-state index in [-0.39, 0.29) is 11.8 Å². The Bertz CT molecular complexity index is 709. The van der Waals surface area contributed by atoms with Crippen molar-refractivity contribution < 1.29 is 33.4 Å². The zero-order chi connectivity index (χ0) is 22.5. The number of nitrogens with one attached hydrogen (secondary N) is 2. The van der Waals surface area contributed by atoms with Crippen LogP contribution in [0.1, 0.15) is 52.9 Å². The van der Waals surface area contributed by atoms with Crippen LogP contribution < -0.4 is 10.6 Å². The highest BCUT2D eigenvalue weighted by Crippen LogP contribution is 2.38. The molecule has 0 aromatic carbocycles. The summed E-state index contributed by atoms with van der Waals surface area (Å²) in [7, 11) is 1.22. The second-order valence-electron chi connectivity index (χ2n) is 8.37. The lowest BCUT2D eigenvalue weighted by atomic mass is 9.73. The molecule has 1 heterocycles. The Morgan fingerprint density at radius 1 is 1.27 bits per heavy atom. The first kappa shape index (κ1) is 23.6. The molecule has 30 heavy (non-hydrogen) atoms. The van der Waals surface area contributed by atoms with Crippen LogP contribution in [0.2, 0.25) is 0 Å². The molecule has 2 N–H and O–H groups in total. The van der Waals surface area contributed by atoms with Crippen LogP contribution in [0.25, 0.3) is 0 Å². The van der Waals surface area contributed by atoms with Crippen molar-refractivity contribution in [1.29, 1.82) is 0 Å². The van der Waals surface area contributed by atoms with E-state index < -0.39 is 54.5 Å². The lowest BCUT2D eigenvalue weighted by Crippen LogP contribution is -2.54. The van der Waals surface area contributed by atoms with E-state index in [9.17, 15) is 24.0 Å². The number of rotatable bonds is 8. The molecule has 2 aliphatic rings. The number of urea groups is 1. The van der Waals surface area contributed by atoms with Crippen LogP contribution in [0.15, 0.2) is 0 Å². The lowest BCUT2D eigenvalue weighted by Gasteiger charge is -2.36. The van der Waals surface area contributed by atoms with E-state index in [1.807, 2.05) is 20.8 Å². The van der Waals surface area contributed by atoms with E-state index in [1.54, 1.807) is 0 Å². The fourth-order valence-electron chi connectivity index (χ4n) is 4.02. The molecule has 168 valence electrons. The molecular formula is C20H31N3O7. The second kappa shape index (κ2) is 9.90. The summed E-state index contributed by atoms with van der Waals surface area (Å²) in [4.78, 5) is 61.9. The summed E-state index contributed by atoms with van der Waals surface area (Å²) in [6, 6.07) is -1.47. The molecule has 1 aliphatic heterocycles. The van der Waals surface area contributed by atoms with Crippen molar-refractivity contribution >= 4 is 29.8 Å². The Kier molecular flexibility index (Phi) is 7.80. The van der Waals surface area contributed by atoms with Gasteiger partial charge in [0.2, 0.25) is 0 Å². The van der Waals surface area contributed by atoms with E-state index in [1.165, 1.54) is 7.11 Å². The van der Waals surface area contributed by atoms with Crippen molar-refractivity contribution in [3.05, 3.63) is 0 Å². The summed E-state index contributed by atoms with van der Waals surface area (Å²) < 4.78 is 9.57. The molecule has 10 heteroatoms. The quantitative estimate of drug-likeness (QED) is 0.433. The average Bonchev–Trinajstić information content (AvgIpc) is 2.92. The number of carbonyl (C=O) groups is 5. The van der Waals surface area contributed by atoms with Crippen molar-refractivity contribution in [2.45, 2.75) is 64.5 Å². The number of esters is 2. The number of amides is 4. The van der Waals surface area contributed by atoms with Gasteiger partial charge in [0.1, 0.15) is 18.1 Å². The molecular weight excluding hydrogens is 394 g/mol.